The molecule has 0 aromatic carbocycles. The summed E-state index contributed by atoms with van der Waals surface area (Å²) >= 11 is 0. The Morgan fingerprint density at radius 3 is 1.27 bits per heavy atom. The van der Waals surface area contributed by atoms with E-state index < -0.39 is 45.1 Å². The molecule has 10 nitrogen and oxygen atoms in total. The van der Waals surface area contributed by atoms with Gasteiger partial charge in [0.1, 0.15) is 12.1 Å². The molecule has 356 valence electrons. The van der Waals surface area contributed by atoms with Gasteiger partial charge >= 0.3 is 19.8 Å². The number of esters is 1. The van der Waals surface area contributed by atoms with Gasteiger partial charge in [-0.25, -0.2) is 4.57 Å². The van der Waals surface area contributed by atoms with Crippen LogP contribution >= 0.6 is 7.82 Å². The Labute approximate surface area is 369 Å². The van der Waals surface area contributed by atoms with E-state index in [1.165, 1.54) is 193 Å². The molecular formula is C49H96NO9P. The fourth-order valence-corrected chi connectivity index (χ4v) is 8.14. The van der Waals surface area contributed by atoms with Crippen LogP contribution in [0.2, 0.25) is 0 Å². The third kappa shape index (κ3) is 44.8. The Morgan fingerprint density at radius 2 is 0.867 bits per heavy atom. The molecule has 0 spiro atoms. The van der Waals surface area contributed by atoms with Crippen molar-refractivity contribution in [3.63, 3.8) is 0 Å². The number of carboxylic acids is 1. The van der Waals surface area contributed by atoms with Crippen LogP contribution in [0.4, 0.5) is 0 Å². The standard InChI is InChI=1S/C49H96NO9P/c1-3-5-7-9-11-13-15-17-19-20-21-22-23-24-25-26-27-29-31-33-35-37-39-41-48(51)59-46(44-57-60(54,55)58-45-47(50)49(52)53)43-56-42-40-38-36-34-32-30-28-18-16-14-12-10-8-6-4-2/h20-21,46-47H,3-19,22-45,50H2,1-2H3,(H,52,53)(H,54,55)/b21-20-. The minimum atomic E-state index is -4.61. The van der Waals surface area contributed by atoms with Crippen molar-refractivity contribution in [1.29, 1.82) is 0 Å². The zero-order valence-electron chi connectivity index (χ0n) is 39.1. The number of hydrogen-bond donors (Lipinski definition) is 3. The van der Waals surface area contributed by atoms with Gasteiger partial charge in [0, 0.05) is 13.0 Å². The van der Waals surface area contributed by atoms with E-state index in [1.54, 1.807) is 0 Å². The molecule has 3 unspecified atom stereocenters. The minimum absolute atomic E-state index is 0.0232. The maximum Gasteiger partial charge on any atom is 0.472 e. The molecule has 0 rings (SSSR count). The van der Waals surface area contributed by atoms with Crippen molar-refractivity contribution in [3.8, 4) is 0 Å². The topological polar surface area (TPSA) is 155 Å². The molecule has 60 heavy (non-hydrogen) atoms. The Balaban J connectivity index is 4.08. The van der Waals surface area contributed by atoms with Crippen molar-refractivity contribution >= 4 is 19.8 Å². The monoisotopic (exact) mass is 874 g/mol. The molecule has 0 bridgehead atoms. The van der Waals surface area contributed by atoms with Gasteiger partial charge in [-0.05, 0) is 38.5 Å². The van der Waals surface area contributed by atoms with Gasteiger partial charge in [0.25, 0.3) is 0 Å². The van der Waals surface area contributed by atoms with Crippen LogP contribution in [0.1, 0.15) is 251 Å². The zero-order valence-corrected chi connectivity index (χ0v) is 40.0. The maximum atomic E-state index is 12.7. The third-order valence-corrected chi connectivity index (χ3v) is 12.2. The number of rotatable bonds is 49. The summed E-state index contributed by atoms with van der Waals surface area (Å²) in [5, 5.41) is 8.92. The molecule has 0 heterocycles. The van der Waals surface area contributed by atoms with Crippen LogP contribution in [0.3, 0.4) is 0 Å². The molecule has 0 amide bonds. The normalized spacial score (nSPS) is 13.8. The smallest absolute Gasteiger partial charge is 0.472 e. The number of carbonyl (C=O) groups excluding carboxylic acids is 1. The van der Waals surface area contributed by atoms with E-state index in [2.05, 4.69) is 26.0 Å². The van der Waals surface area contributed by atoms with Gasteiger partial charge in [-0.1, -0.05) is 219 Å². The number of unbranched alkanes of at least 4 members (excludes halogenated alkanes) is 33. The maximum absolute atomic E-state index is 12.7. The van der Waals surface area contributed by atoms with Crippen LogP contribution in [0.15, 0.2) is 12.2 Å². The number of allylic oxidation sites excluding steroid dienone is 2. The van der Waals surface area contributed by atoms with Gasteiger partial charge < -0.3 is 25.2 Å². The number of nitrogens with two attached hydrogens (primary N) is 1. The first-order chi connectivity index (χ1) is 29.2. The van der Waals surface area contributed by atoms with Gasteiger partial charge in [-0.2, -0.15) is 0 Å². The van der Waals surface area contributed by atoms with E-state index >= 15 is 0 Å². The summed E-state index contributed by atoms with van der Waals surface area (Å²) in [4.78, 5) is 33.6. The third-order valence-electron chi connectivity index (χ3n) is 11.3. The van der Waals surface area contributed by atoms with Crippen LogP contribution in [-0.4, -0.2) is 60.5 Å². The van der Waals surface area contributed by atoms with Gasteiger partial charge in [-0.3, -0.25) is 18.6 Å². The average Bonchev–Trinajstić information content (AvgIpc) is 3.23. The van der Waals surface area contributed by atoms with Crippen molar-refractivity contribution in [3.05, 3.63) is 12.2 Å². The highest BCUT2D eigenvalue weighted by Gasteiger charge is 2.27. The molecule has 0 saturated carbocycles. The zero-order chi connectivity index (χ0) is 44.0. The van der Waals surface area contributed by atoms with Gasteiger partial charge in [-0.15, -0.1) is 0 Å². The molecule has 0 aromatic rings. The number of phosphoric acid groups is 1. The van der Waals surface area contributed by atoms with Crippen LogP contribution in [-0.2, 0) is 32.7 Å². The second kappa shape index (κ2) is 45.7. The van der Waals surface area contributed by atoms with E-state index in [0.717, 1.165) is 32.1 Å². The highest BCUT2D eigenvalue weighted by Crippen LogP contribution is 2.43. The summed E-state index contributed by atoms with van der Waals surface area (Å²) in [5.74, 6) is -1.77. The molecule has 0 radical (unpaired) electrons. The Bertz CT molecular complexity index is 1010. The fourth-order valence-electron chi connectivity index (χ4n) is 7.37. The summed E-state index contributed by atoms with van der Waals surface area (Å²) < 4.78 is 33.5. The molecule has 0 fully saturated rings. The first-order valence-electron chi connectivity index (χ1n) is 25.2. The van der Waals surface area contributed by atoms with E-state index in [9.17, 15) is 19.0 Å². The molecule has 4 N–H and O–H groups in total. The molecule has 0 aromatic heterocycles. The van der Waals surface area contributed by atoms with E-state index in [-0.39, 0.29) is 13.0 Å². The van der Waals surface area contributed by atoms with E-state index in [4.69, 9.17) is 29.4 Å². The summed E-state index contributed by atoms with van der Waals surface area (Å²) in [7, 11) is -4.61. The number of ether oxygens (including phenoxy) is 2. The molecule has 3 atom stereocenters. The van der Waals surface area contributed by atoms with Crippen molar-refractivity contribution in [2.45, 2.75) is 264 Å². The lowest BCUT2D eigenvalue weighted by Crippen LogP contribution is -2.34. The van der Waals surface area contributed by atoms with Crippen molar-refractivity contribution in [2.75, 3.05) is 26.4 Å². The Kier molecular flexibility index (Phi) is 44.7. The molecule has 11 heteroatoms. The predicted molar refractivity (Wildman–Crippen MR) is 249 cm³/mol. The molecule has 0 saturated heterocycles. The average molecular weight is 874 g/mol. The van der Waals surface area contributed by atoms with Gasteiger partial charge in [0.15, 0.2) is 0 Å². The lowest BCUT2D eigenvalue weighted by atomic mass is 10.0. The van der Waals surface area contributed by atoms with Crippen molar-refractivity contribution in [2.24, 2.45) is 5.73 Å². The fraction of sp³-hybridized carbons (Fsp3) is 0.918. The Hall–Kier alpha value is -1.29. The number of carbonyl (C=O) groups is 2. The minimum Gasteiger partial charge on any atom is -0.480 e. The van der Waals surface area contributed by atoms with E-state index in [1.807, 2.05) is 0 Å². The second-order valence-corrected chi connectivity index (χ2v) is 18.8. The summed E-state index contributed by atoms with van der Waals surface area (Å²) in [5.41, 5.74) is 5.37. The van der Waals surface area contributed by atoms with Gasteiger partial charge in [0.05, 0.1) is 19.8 Å². The lowest BCUT2D eigenvalue weighted by molar-refractivity contribution is -0.154. The number of aliphatic carboxylic acids is 1. The number of hydrogen-bond acceptors (Lipinski definition) is 8. The second-order valence-electron chi connectivity index (χ2n) is 17.3. The SMILES string of the molecule is CCCCCCCCCC/C=C\CCCCCCCCCCCCCC(=O)OC(COCCCCCCCCCCCCCCCCC)COP(=O)(O)OCC(N)C(=O)O. The molecule has 0 aliphatic rings. The first kappa shape index (κ1) is 58.7. The summed E-state index contributed by atoms with van der Waals surface area (Å²) in [6, 6.07) is -1.47. The van der Waals surface area contributed by atoms with Crippen LogP contribution in [0.5, 0.6) is 0 Å². The predicted octanol–water partition coefficient (Wildman–Crippen LogP) is 14.5. The molecule has 0 aliphatic heterocycles. The molecule has 0 aliphatic carbocycles. The molecular weight excluding hydrogens is 778 g/mol. The quantitative estimate of drug-likeness (QED) is 0.0233. The number of phosphoric ester groups is 1. The van der Waals surface area contributed by atoms with Crippen LogP contribution in [0, 0.1) is 0 Å². The highest BCUT2D eigenvalue weighted by atomic mass is 31.2. The van der Waals surface area contributed by atoms with Crippen molar-refractivity contribution in [1.82, 2.24) is 0 Å². The van der Waals surface area contributed by atoms with Gasteiger partial charge in [0.2, 0.25) is 0 Å². The van der Waals surface area contributed by atoms with Crippen LogP contribution in [0.25, 0.3) is 0 Å². The summed E-state index contributed by atoms with van der Waals surface area (Å²) in [6.45, 7) is 3.94. The highest BCUT2D eigenvalue weighted by molar-refractivity contribution is 7.47. The largest absolute Gasteiger partial charge is 0.480 e. The van der Waals surface area contributed by atoms with E-state index in [0.29, 0.717) is 13.0 Å². The first-order valence-corrected chi connectivity index (χ1v) is 26.7. The Morgan fingerprint density at radius 1 is 0.517 bits per heavy atom. The summed E-state index contributed by atoms with van der Waals surface area (Å²) in [6.07, 6.45) is 49.8. The number of carboxylic acid groups (broad SMARTS) is 1. The van der Waals surface area contributed by atoms with Crippen LogP contribution < -0.4 is 5.73 Å². The van der Waals surface area contributed by atoms with Crippen molar-refractivity contribution < 1.29 is 42.7 Å². The lowest BCUT2D eigenvalue weighted by Gasteiger charge is -2.20.